The molecule has 0 saturated heterocycles. The summed E-state index contributed by atoms with van der Waals surface area (Å²) in [7, 11) is 0. The molecule has 0 aliphatic carbocycles. The third kappa shape index (κ3) is 4.69. The molecule has 0 bridgehead atoms. The van der Waals surface area contributed by atoms with Crippen LogP contribution in [0.5, 0.6) is 0 Å². The number of hydrazone groups is 1. The molecule has 0 fully saturated rings. The molecule has 0 saturated carbocycles. The lowest BCUT2D eigenvalue weighted by Crippen LogP contribution is -2.28. The largest absolute Gasteiger partial charge is 0.364 e. The number of H-pyrrole nitrogens is 2. The third-order valence-corrected chi connectivity index (χ3v) is 3.09. The van der Waals surface area contributed by atoms with Crippen molar-refractivity contribution < 1.29 is 4.79 Å². The minimum Gasteiger partial charge on any atom is -0.364 e. The normalized spacial score (nSPS) is 10.7. The van der Waals surface area contributed by atoms with Gasteiger partial charge in [0.25, 0.3) is 5.56 Å². The highest BCUT2D eigenvalue weighted by atomic mass is 32.1. The maximum atomic E-state index is 11.5. The van der Waals surface area contributed by atoms with Gasteiger partial charge in [0, 0.05) is 17.8 Å². The summed E-state index contributed by atoms with van der Waals surface area (Å²) >= 11 is 1.50. The topological polar surface area (TPSA) is 132 Å². The van der Waals surface area contributed by atoms with Crippen LogP contribution >= 0.6 is 11.3 Å². The Bertz CT molecular complexity index is 733. The number of aromatic amines is 2. The number of carbonyl (C=O) groups is 1. The molecule has 0 atom stereocenters. The number of nitrogens with zero attached hydrogens (tertiary/aromatic N) is 2. The molecule has 0 aliphatic heterocycles. The number of hydrogen-bond donors (Lipinski definition) is 4. The van der Waals surface area contributed by atoms with Gasteiger partial charge in [0.15, 0.2) is 0 Å². The predicted molar refractivity (Wildman–Crippen MR) is 78.6 cm³/mol. The Morgan fingerprint density at radius 2 is 2.33 bits per heavy atom. The first-order chi connectivity index (χ1) is 10.1. The Balaban J connectivity index is 1.74. The molecule has 1 amide bonds. The summed E-state index contributed by atoms with van der Waals surface area (Å²) in [5, 5.41) is 13.9. The average molecular weight is 308 g/mol. The van der Waals surface area contributed by atoms with Gasteiger partial charge in [0.05, 0.1) is 6.21 Å². The third-order valence-electron chi connectivity index (χ3n) is 2.28. The maximum Gasteiger partial charge on any atom is 0.342 e. The van der Waals surface area contributed by atoms with E-state index < -0.39 is 11.2 Å². The molecule has 9 nitrogen and oxygen atoms in total. The van der Waals surface area contributed by atoms with Crippen LogP contribution in [0.25, 0.3) is 0 Å². The Morgan fingerprint density at radius 1 is 1.48 bits per heavy atom. The molecule has 21 heavy (non-hydrogen) atoms. The molecule has 4 N–H and O–H groups in total. The zero-order chi connectivity index (χ0) is 15.1. The number of nitrogens with one attached hydrogen (secondary N) is 4. The fraction of sp³-hybridized carbons (Fsp3) is 0.182. The molecule has 10 heteroatoms. The summed E-state index contributed by atoms with van der Waals surface area (Å²) < 4.78 is 0. The number of thiophene rings is 1. The Labute approximate surface area is 122 Å². The highest BCUT2D eigenvalue weighted by Crippen LogP contribution is 2.03. The molecular formula is C11H12N6O3S. The second-order valence-electron chi connectivity index (χ2n) is 3.84. The van der Waals surface area contributed by atoms with E-state index in [0.717, 1.165) is 4.88 Å². The number of carbonyl (C=O) groups excluding carboxylic acids is 1. The molecule has 2 aromatic rings. The van der Waals surface area contributed by atoms with Crippen molar-refractivity contribution in [2.45, 2.75) is 6.42 Å². The summed E-state index contributed by atoms with van der Waals surface area (Å²) in [5.41, 5.74) is 1.03. The van der Waals surface area contributed by atoms with E-state index in [2.05, 4.69) is 26.0 Å². The van der Waals surface area contributed by atoms with Gasteiger partial charge in [0.1, 0.15) is 0 Å². The lowest BCUT2D eigenvalue weighted by atomic mass is 10.4. The van der Waals surface area contributed by atoms with Crippen molar-refractivity contribution in [3.05, 3.63) is 43.2 Å². The van der Waals surface area contributed by atoms with Crippen LogP contribution in [0.3, 0.4) is 0 Å². The van der Waals surface area contributed by atoms with Crippen LogP contribution in [0.2, 0.25) is 0 Å². The van der Waals surface area contributed by atoms with Crippen LogP contribution in [0.15, 0.2) is 32.2 Å². The van der Waals surface area contributed by atoms with Crippen LogP contribution in [0.4, 0.5) is 5.82 Å². The number of hydrogen-bond acceptors (Lipinski definition) is 7. The molecule has 0 radical (unpaired) electrons. The van der Waals surface area contributed by atoms with Gasteiger partial charge in [-0.1, -0.05) is 6.07 Å². The summed E-state index contributed by atoms with van der Waals surface area (Å²) in [6, 6.07) is 3.75. The van der Waals surface area contributed by atoms with Crippen molar-refractivity contribution in [2.75, 3.05) is 11.9 Å². The van der Waals surface area contributed by atoms with Gasteiger partial charge >= 0.3 is 5.69 Å². The Kier molecular flexibility index (Phi) is 4.99. The van der Waals surface area contributed by atoms with Gasteiger partial charge in [-0.15, -0.1) is 16.4 Å². The average Bonchev–Trinajstić information content (AvgIpc) is 2.94. The molecule has 0 aliphatic rings. The van der Waals surface area contributed by atoms with Gasteiger partial charge in [-0.05, 0) is 11.4 Å². The SMILES string of the molecule is O=C(CCNc1n[nH]c(=O)[nH]c1=O)NN=Cc1cccs1. The molecule has 0 unspecified atom stereocenters. The quantitative estimate of drug-likeness (QED) is 0.421. The number of rotatable bonds is 6. The van der Waals surface area contributed by atoms with Gasteiger partial charge in [-0.25, -0.2) is 15.3 Å². The summed E-state index contributed by atoms with van der Waals surface area (Å²) in [6.07, 6.45) is 1.65. The van der Waals surface area contributed by atoms with E-state index in [1.807, 2.05) is 22.5 Å². The van der Waals surface area contributed by atoms with Crippen LogP contribution in [-0.4, -0.2) is 33.8 Å². The van der Waals surface area contributed by atoms with E-state index in [9.17, 15) is 14.4 Å². The molecule has 2 rings (SSSR count). The van der Waals surface area contributed by atoms with E-state index in [0.29, 0.717) is 0 Å². The zero-order valence-corrected chi connectivity index (χ0v) is 11.6. The number of aromatic nitrogens is 3. The van der Waals surface area contributed by atoms with E-state index in [1.165, 1.54) is 11.3 Å². The lowest BCUT2D eigenvalue weighted by Gasteiger charge is -2.02. The Hall–Kier alpha value is -2.75. The highest BCUT2D eigenvalue weighted by molar-refractivity contribution is 7.11. The van der Waals surface area contributed by atoms with Crippen LogP contribution < -0.4 is 22.0 Å². The van der Waals surface area contributed by atoms with Gasteiger partial charge in [-0.3, -0.25) is 14.6 Å². The van der Waals surface area contributed by atoms with Gasteiger partial charge in [0.2, 0.25) is 11.7 Å². The van der Waals surface area contributed by atoms with Crippen molar-refractivity contribution >= 4 is 29.3 Å². The fourth-order valence-corrected chi connectivity index (χ4v) is 1.94. The van der Waals surface area contributed by atoms with Crippen molar-refractivity contribution in [1.82, 2.24) is 20.6 Å². The summed E-state index contributed by atoms with van der Waals surface area (Å²) in [6.45, 7) is 0.183. The zero-order valence-electron chi connectivity index (χ0n) is 10.8. The van der Waals surface area contributed by atoms with E-state index in [4.69, 9.17) is 0 Å². The molecule has 0 spiro atoms. The molecule has 2 aromatic heterocycles. The smallest absolute Gasteiger partial charge is 0.342 e. The minimum absolute atomic E-state index is 0.0514. The second kappa shape index (κ2) is 7.14. The number of amides is 1. The first-order valence-electron chi connectivity index (χ1n) is 5.93. The monoisotopic (exact) mass is 308 g/mol. The first kappa shape index (κ1) is 14.7. The van der Waals surface area contributed by atoms with Gasteiger partial charge in [-0.2, -0.15) is 5.10 Å². The molecule has 110 valence electrons. The van der Waals surface area contributed by atoms with E-state index in [1.54, 1.807) is 6.21 Å². The molecule has 0 aromatic carbocycles. The van der Waals surface area contributed by atoms with E-state index in [-0.39, 0.29) is 24.7 Å². The summed E-state index contributed by atoms with van der Waals surface area (Å²) in [5.74, 6) is -0.361. The molecule has 2 heterocycles. The second-order valence-corrected chi connectivity index (χ2v) is 4.82. The minimum atomic E-state index is -0.689. The van der Waals surface area contributed by atoms with Crippen molar-refractivity contribution in [2.24, 2.45) is 5.10 Å². The summed E-state index contributed by atoms with van der Waals surface area (Å²) in [4.78, 5) is 36.5. The standard InChI is InChI=1S/C11H12N6O3S/c18-8(15-13-6-7-2-1-5-21-7)3-4-12-9-10(19)14-11(20)17-16-9/h1-2,5-6H,3-4H2,(H,12,16)(H,15,18)(H2,14,17,19,20). The lowest BCUT2D eigenvalue weighted by molar-refractivity contribution is -0.120. The van der Waals surface area contributed by atoms with Crippen molar-refractivity contribution in [1.29, 1.82) is 0 Å². The van der Waals surface area contributed by atoms with Crippen molar-refractivity contribution in [3.63, 3.8) is 0 Å². The maximum absolute atomic E-state index is 11.5. The first-order valence-corrected chi connectivity index (χ1v) is 6.81. The molecular weight excluding hydrogens is 296 g/mol. The Morgan fingerprint density at radius 3 is 3.05 bits per heavy atom. The van der Waals surface area contributed by atoms with E-state index >= 15 is 0 Å². The number of anilines is 1. The highest BCUT2D eigenvalue weighted by Gasteiger charge is 2.03. The van der Waals surface area contributed by atoms with Crippen LogP contribution in [0, 0.1) is 0 Å². The van der Waals surface area contributed by atoms with Crippen LogP contribution in [-0.2, 0) is 4.79 Å². The predicted octanol–water partition coefficient (Wildman–Crippen LogP) is -0.528. The van der Waals surface area contributed by atoms with Crippen molar-refractivity contribution in [3.8, 4) is 0 Å². The fourth-order valence-electron chi connectivity index (χ4n) is 1.35. The van der Waals surface area contributed by atoms with Gasteiger partial charge < -0.3 is 5.32 Å². The van der Waals surface area contributed by atoms with Crippen LogP contribution in [0.1, 0.15) is 11.3 Å².